The minimum Gasteiger partial charge on any atom is -0.489 e. The van der Waals surface area contributed by atoms with Gasteiger partial charge in [-0.05, 0) is 25.5 Å². The van der Waals surface area contributed by atoms with Crippen molar-refractivity contribution >= 4 is 9.84 Å². The second-order valence-electron chi connectivity index (χ2n) is 6.55. The number of benzene rings is 1. The lowest BCUT2D eigenvalue weighted by Crippen LogP contribution is -2.08. The predicted octanol–water partition coefficient (Wildman–Crippen LogP) is 3.49. The van der Waals surface area contributed by atoms with Gasteiger partial charge in [0, 0.05) is 23.8 Å². The molecule has 0 bridgehead atoms. The van der Waals surface area contributed by atoms with Crippen molar-refractivity contribution in [1.29, 1.82) is 0 Å². The van der Waals surface area contributed by atoms with Gasteiger partial charge in [0.05, 0.1) is 24.7 Å². The van der Waals surface area contributed by atoms with Gasteiger partial charge in [0.1, 0.15) is 15.6 Å². The zero-order valence-corrected chi connectivity index (χ0v) is 16.0. The van der Waals surface area contributed by atoms with Crippen LogP contribution in [0.15, 0.2) is 30.3 Å². The Hall–Kier alpha value is -2.28. The first kappa shape index (κ1) is 18.5. The number of rotatable bonds is 7. The molecule has 0 saturated heterocycles. The van der Waals surface area contributed by atoms with Gasteiger partial charge >= 0.3 is 0 Å². The number of nitrogens with zero attached hydrogens (tertiary/aromatic N) is 1. The molecule has 0 radical (unpaired) electrons. The van der Waals surface area contributed by atoms with Gasteiger partial charge in [-0.25, -0.2) is 13.4 Å². The van der Waals surface area contributed by atoms with Crippen LogP contribution in [0.2, 0.25) is 0 Å². The van der Waals surface area contributed by atoms with Gasteiger partial charge in [-0.2, -0.15) is 0 Å². The van der Waals surface area contributed by atoms with Crippen molar-refractivity contribution in [1.82, 2.24) is 4.98 Å². The van der Waals surface area contributed by atoms with E-state index in [-0.39, 0.29) is 5.75 Å². The Labute approximate surface area is 154 Å². The molecular formula is C19H23NO5S. The number of aromatic nitrogens is 1. The molecule has 1 aromatic carbocycles. The van der Waals surface area contributed by atoms with Crippen LogP contribution < -0.4 is 14.2 Å². The summed E-state index contributed by atoms with van der Waals surface area (Å²) < 4.78 is 39.5. The maximum atomic E-state index is 11.1. The molecule has 7 heteroatoms. The standard InChI is InChI=1S/C19H23NO5S/c1-13-12-24-19-15(13)6-4-7-17(19)25-16-8-9-18(20-14(16)2)23-10-5-11-26(3,21)22/h4,6-9,13H,5,10-12H2,1-3H3. The summed E-state index contributed by atoms with van der Waals surface area (Å²) in [5, 5.41) is 0. The van der Waals surface area contributed by atoms with Gasteiger partial charge in [-0.1, -0.05) is 19.1 Å². The summed E-state index contributed by atoms with van der Waals surface area (Å²) >= 11 is 0. The zero-order chi connectivity index (χ0) is 18.7. The summed E-state index contributed by atoms with van der Waals surface area (Å²) in [7, 11) is -2.97. The van der Waals surface area contributed by atoms with Crippen molar-refractivity contribution in [3.05, 3.63) is 41.6 Å². The molecule has 0 fully saturated rings. The lowest BCUT2D eigenvalue weighted by molar-refractivity contribution is 0.303. The van der Waals surface area contributed by atoms with Gasteiger partial charge in [-0.15, -0.1) is 0 Å². The highest BCUT2D eigenvalue weighted by Crippen LogP contribution is 2.42. The highest BCUT2D eigenvalue weighted by Gasteiger charge is 2.24. The molecule has 0 N–H and O–H groups in total. The van der Waals surface area contributed by atoms with Crippen LogP contribution in [0, 0.1) is 6.92 Å². The fourth-order valence-electron chi connectivity index (χ4n) is 2.78. The van der Waals surface area contributed by atoms with E-state index in [9.17, 15) is 8.42 Å². The lowest BCUT2D eigenvalue weighted by Gasteiger charge is -2.12. The van der Waals surface area contributed by atoms with Gasteiger partial charge in [0.15, 0.2) is 11.5 Å². The number of sulfone groups is 1. The van der Waals surface area contributed by atoms with E-state index >= 15 is 0 Å². The summed E-state index contributed by atoms with van der Waals surface area (Å²) in [6, 6.07) is 9.41. The zero-order valence-electron chi connectivity index (χ0n) is 15.2. The largest absolute Gasteiger partial charge is 0.489 e. The van der Waals surface area contributed by atoms with Crippen LogP contribution in [0.3, 0.4) is 0 Å². The molecule has 0 aliphatic carbocycles. The molecule has 1 unspecified atom stereocenters. The lowest BCUT2D eigenvalue weighted by atomic mass is 10.0. The fourth-order valence-corrected chi connectivity index (χ4v) is 3.43. The molecule has 0 spiro atoms. The van der Waals surface area contributed by atoms with E-state index in [1.165, 1.54) is 6.26 Å². The highest BCUT2D eigenvalue weighted by molar-refractivity contribution is 7.90. The van der Waals surface area contributed by atoms with E-state index < -0.39 is 9.84 Å². The molecule has 1 aromatic heterocycles. The number of hydrogen-bond acceptors (Lipinski definition) is 6. The number of hydrogen-bond donors (Lipinski definition) is 0. The first-order valence-electron chi connectivity index (χ1n) is 8.55. The van der Waals surface area contributed by atoms with Gasteiger partial charge < -0.3 is 14.2 Å². The summed E-state index contributed by atoms with van der Waals surface area (Å²) in [4.78, 5) is 4.37. The summed E-state index contributed by atoms with van der Waals surface area (Å²) in [5.41, 5.74) is 1.84. The van der Waals surface area contributed by atoms with Crippen molar-refractivity contribution in [2.45, 2.75) is 26.2 Å². The normalized spacial score (nSPS) is 16.0. The summed E-state index contributed by atoms with van der Waals surface area (Å²) in [6.45, 7) is 4.93. The third-order valence-corrected chi connectivity index (χ3v) is 5.19. The molecule has 1 aliphatic heterocycles. The average molecular weight is 377 g/mol. The van der Waals surface area contributed by atoms with Gasteiger partial charge in [0.25, 0.3) is 0 Å². The molecule has 2 heterocycles. The van der Waals surface area contributed by atoms with Gasteiger partial charge in [-0.3, -0.25) is 0 Å². The van der Waals surface area contributed by atoms with E-state index in [0.29, 0.717) is 48.6 Å². The van der Waals surface area contributed by atoms with Crippen molar-refractivity contribution in [2.75, 3.05) is 25.2 Å². The van der Waals surface area contributed by atoms with Crippen molar-refractivity contribution in [2.24, 2.45) is 0 Å². The smallest absolute Gasteiger partial charge is 0.213 e. The van der Waals surface area contributed by atoms with Crippen LogP contribution in [0.25, 0.3) is 0 Å². The minimum atomic E-state index is -2.97. The monoisotopic (exact) mass is 377 g/mol. The molecule has 0 saturated carbocycles. The van der Waals surface area contributed by atoms with E-state index in [1.54, 1.807) is 12.1 Å². The Morgan fingerprint density at radius 1 is 1.23 bits per heavy atom. The highest BCUT2D eigenvalue weighted by atomic mass is 32.2. The van der Waals surface area contributed by atoms with Crippen LogP contribution in [0.5, 0.6) is 23.1 Å². The molecule has 2 aromatic rings. The summed E-state index contributed by atoms with van der Waals surface area (Å²) in [6.07, 6.45) is 1.65. The second kappa shape index (κ2) is 7.53. The van der Waals surface area contributed by atoms with E-state index in [0.717, 1.165) is 11.3 Å². The maximum absolute atomic E-state index is 11.1. The Kier molecular flexibility index (Phi) is 5.36. The Morgan fingerprint density at radius 3 is 2.77 bits per heavy atom. The van der Waals surface area contributed by atoms with Crippen LogP contribution in [-0.4, -0.2) is 38.6 Å². The van der Waals surface area contributed by atoms with Gasteiger partial charge in [0.2, 0.25) is 5.88 Å². The van der Waals surface area contributed by atoms with Crippen LogP contribution in [0.4, 0.5) is 0 Å². The molecular weight excluding hydrogens is 354 g/mol. The third-order valence-electron chi connectivity index (χ3n) is 4.16. The predicted molar refractivity (Wildman–Crippen MR) is 99.2 cm³/mol. The molecule has 0 amide bonds. The molecule has 140 valence electrons. The third kappa shape index (κ3) is 4.46. The SMILES string of the molecule is Cc1nc(OCCCS(C)(=O)=O)ccc1Oc1cccc2c1OCC2C. The average Bonchev–Trinajstić information content (AvgIpc) is 2.95. The topological polar surface area (TPSA) is 74.7 Å². The van der Waals surface area contributed by atoms with Crippen molar-refractivity contribution < 1.29 is 22.6 Å². The summed E-state index contributed by atoms with van der Waals surface area (Å²) in [5.74, 6) is 3.01. The minimum absolute atomic E-state index is 0.102. The number of aryl methyl sites for hydroxylation is 1. The number of ether oxygens (including phenoxy) is 3. The Balaban J connectivity index is 1.66. The fraction of sp³-hybridized carbons (Fsp3) is 0.421. The van der Waals surface area contributed by atoms with E-state index in [4.69, 9.17) is 14.2 Å². The molecule has 3 rings (SSSR count). The quantitative estimate of drug-likeness (QED) is 0.688. The second-order valence-corrected chi connectivity index (χ2v) is 8.81. The first-order valence-corrected chi connectivity index (χ1v) is 10.6. The molecule has 6 nitrogen and oxygen atoms in total. The molecule has 1 aliphatic rings. The van der Waals surface area contributed by atoms with E-state index in [2.05, 4.69) is 18.0 Å². The number of pyridine rings is 1. The number of fused-ring (bicyclic) bond motifs is 1. The number of para-hydroxylation sites is 1. The Bertz CT molecular complexity index is 895. The van der Waals surface area contributed by atoms with Crippen LogP contribution >= 0.6 is 0 Å². The van der Waals surface area contributed by atoms with Crippen molar-refractivity contribution in [3.63, 3.8) is 0 Å². The first-order chi connectivity index (χ1) is 12.3. The molecule has 26 heavy (non-hydrogen) atoms. The van der Waals surface area contributed by atoms with Crippen LogP contribution in [0.1, 0.15) is 30.5 Å². The van der Waals surface area contributed by atoms with Crippen LogP contribution in [-0.2, 0) is 9.84 Å². The van der Waals surface area contributed by atoms with Crippen molar-refractivity contribution in [3.8, 4) is 23.1 Å². The molecule has 1 atom stereocenters. The Morgan fingerprint density at radius 2 is 2.04 bits per heavy atom. The maximum Gasteiger partial charge on any atom is 0.213 e. The van der Waals surface area contributed by atoms with E-state index in [1.807, 2.05) is 19.1 Å².